The van der Waals surface area contributed by atoms with Gasteiger partial charge >= 0.3 is 15.6 Å². The van der Waals surface area contributed by atoms with Crippen molar-refractivity contribution in [2.24, 2.45) is 5.92 Å². The lowest BCUT2D eigenvalue weighted by molar-refractivity contribution is 0.216. The summed E-state index contributed by atoms with van der Waals surface area (Å²) in [7, 11) is -9.74. The van der Waals surface area contributed by atoms with E-state index in [-0.39, 0.29) is 5.92 Å². The predicted octanol–water partition coefficient (Wildman–Crippen LogP) is 1.38. The van der Waals surface area contributed by atoms with Gasteiger partial charge in [-0.15, -0.1) is 0 Å². The highest BCUT2D eigenvalue weighted by Gasteiger charge is 2.32. The van der Waals surface area contributed by atoms with E-state index in [9.17, 15) is 9.13 Å². The van der Waals surface area contributed by atoms with Crippen LogP contribution in [0.1, 0.15) is 13.8 Å². The normalized spacial score (nSPS) is 17.3. The van der Waals surface area contributed by atoms with Crippen LogP contribution >= 0.6 is 15.6 Å². The van der Waals surface area contributed by atoms with Crippen molar-refractivity contribution in [3.05, 3.63) is 12.3 Å². The highest BCUT2D eigenvalue weighted by molar-refractivity contribution is 7.60. The molecule has 1 atom stereocenters. The van der Waals surface area contributed by atoms with E-state index in [0.29, 0.717) is 0 Å². The van der Waals surface area contributed by atoms with Crippen LogP contribution < -0.4 is 0 Å². The van der Waals surface area contributed by atoms with Crippen LogP contribution in [0.25, 0.3) is 0 Å². The van der Waals surface area contributed by atoms with E-state index in [2.05, 4.69) is 8.83 Å². The van der Waals surface area contributed by atoms with E-state index in [1.807, 2.05) is 0 Å². The zero-order valence-electron chi connectivity index (χ0n) is 7.60. The zero-order chi connectivity index (χ0) is 11.4. The van der Waals surface area contributed by atoms with Crippen molar-refractivity contribution >= 4 is 15.6 Å². The molecular formula is C5H12O7P2. The highest BCUT2D eigenvalue weighted by atomic mass is 31.3. The number of hydrogen-bond donors (Lipinski definition) is 3. The van der Waals surface area contributed by atoms with Crippen LogP contribution in [-0.2, 0) is 18.0 Å². The Balaban J connectivity index is 4.23. The molecular weight excluding hydrogens is 234 g/mol. The first-order valence-corrected chi connectivity index (χ1v) is 6.60. The molecule has 84 valence electrons. The van der Waals surface area contributed by atoms with Crippen molar-refractivity contribution in [1.82, 2.24) is 0 Å². The van der Waals surface area contributed by atoms with Crippen LogP contribution in [0.3, 0.4) is 0 Å². The van der Waals surface area contributed by atoms with Gasteiger partial charge in [-0.3, -0.25) is 4.89 Å². The van der Waals surface area contributed by atoms with Crippen molar-refractivity contribution in [3.63, 3.8) is 0 Å². The van der Waals surface area contributed by atoms with Crippen LogP contribution in [0.4, 0.5) is 0 Å². The van der Waals surface area contributed by atoms with Gasteiger partial charge in [0, 0.05) is 0 Å². The van der Waals surface area contributed by atoms with Gasteiger partial charge in [-0.1, -0.05) is 13.8 Å². The lowest BCUT2D eigenvalue weighted by Crippen LogP contribution is -1.89. The molecule has 0 rings (SSSR count). The van der Waals surface area contributed by atoms with Gasteiger partial charge in [-0.05, 0) is 12.0 Å². The van der Waals surface area contributed by atoms with Gasteiger partial charge in [0.2, 0.25) is 0 Å². The first kappa shape index (κ1) is 13.8. The van der Waals surface area contributed by atoms with Crippen molar-refractivity contribution < 1.29 is 32.6 Å². The molecule has 7 nitrogen and oxygen atoms in total. The summed E-state index contributed by atoms with van der Waals surface area (Å²) in [5, 5.41) is 0. The van der Waals surface area contributed by atoms with Gasteiger partial charge in [0.05, 0.1) is 6.26 Å². The Morgan fingerprint density at radius 3 is 2.07 bits per heavy atom. The average molecular weight is 246 g/mol. The summed E-state index contributed by atoms with van der Waals surface area (Å²) >= 11 is 0. The fourth-order valence-corrected chi connectivity index (χ4v) is 1.88. The summed E-state index contributed by atoms with van der Waals surface area (Å²) in [6.07, 6.45) is 2.28. The smallest absolute Gasteiger partial charge is 0.412 e. The van der Waals surface area contributed by atoms with Crippen molar-refractivity contribution in [2.45, 2.75) is 13.8 Å². The van der Waals surface area contributed by atoms with Gasteiger partial charge in [0.15, 0.2) is 0 Å². The molecule has 0 spiro atoms. The van der Waals surface area contributed by atoms with E-state index in [1.165, 1.54) is 6.08 Å². The predicted molar refractivity (Wildman–Crippen MR) is 48.0 cm³/mol. The number of phosphoric acid groups is 2. The van der Waals surface area contributed by atoms with Crippen LogP contribution in [0.5, 0.6) is 0 Å². The summed E-state index contributed by atoms with van der Waals surface area (Å²) in [5.41, 5.74) is 0. The minimum atomic E-state index is -5.02. The Kier molecular flexibility index (Phi) is 5.01. The van der Waals surface area contributed by atoms with E-state index in [1.54, 1.807) is 13.8 Å². The SMILES string of the molecule is CC(C)/C=C\OP(=O)(O)OP(=O)(O)O. The van der Waals surface area contributed by atoms with Crippen molar-refractivity contribution in [2.75, 3.05) is 0 Å². The Morgan fingerprint density at radius 1 is 1.21 bits per heavy atom. The molecule has 0 aromatic carbocycles. The van der Waals surface area contributed by atoms with E-state index in [0.717, 1.165) is 6.26 Å². The topological polar surface area (TPSA) is 113 Å². The van der Waals surface area contributed by atoms with E-state index in [4.69, 9.17) is 14.7 Å². The van der Waals surface area contributed by atoms with Gasteiger partial charge in [0.25, 0.3) is 0 Å². The second-order valence-electron chi connectivity index (χ2n) is 2.72. The zero-order valence-corrected chi connectivity index (χ0v) is 9.39. The largest absolute Gasteiger partial charge is 0.535 e. The molecule has 14 heavy (non-hydrogen) atoms. The third-order valence-electron chi connectivity index (χ3n) is 0.867. The minimum absolute atomic E-state index is 0.0741. The van der Waals surface area contributed by atoms with Crippen LogP contribution in [-0.4, -0.2) is 14.7 Å². The molecule has 3 N–H and O–H groups in total. The maximum atomic E-state index is 10.8. The number of allylic oxidation sites excluding steroid dienone is 1. The Labute approximate surface area is 81.2 Å². The van der Waals surface area contributed by atoms with Crippen LogP contribution in [0, 0.1) is 5.92 Å². The summed E-state index contributed by atoms with van der Waals surface area (Å²) in [4.78, 5) is 25.2. The molecule has 0 aliphatic carbocycles. The lowest BCUT2D eigenvalue weighted by atomic mass is 10.2. The van der Waals surface area contributed by atoms with Crippen molar-refractivity contribution in [1.29, 1.82) is 0 Å². The van der Waals surface area contributed by atoms with Crippen LogP contribution in [0.2, 0.25) is 0 Å². The molecule has 0 saturated heterocycles. The number of phosphoric ester groups is 1. The Hall–Kier alpha value is -0.160. The van der Waals surface area contributed by atoms with Crippen molar-refractivity contribution in [3.8, 4) is 0 Å². The second-order valence-corrected chi connectivity index (χ2v) is 5.50. The molecule has 0 heterocycles. The summed E-state index contributed by atoms with van der Waals surface area (Å²) in [6, 6.07) is 0. The lowest BCUT2D eigenvalue weighted by Gasteiger charge is -2.10. The van der Waals surface area contributed by atoms with Gasteiger partial charge < -0.3 is 14.3 Å². The molecule has 9 heteroatoms. The number of hydrogen-bond acceptors (Lipinski definition) is 4. The quantitative estimate of drug-likeness (QED) is 0.496. The monoisotopic (exact) mass is 246 g/mol. The Bertz CT molecular complexity index is 290. The number of rotatable bonds is 5. The standard InChI is InChI=1S/C5H12O7P2/c1-5(2)3-4-11-14(9,10)12-13(6,7)8/h3-5H,1-2H3,(H,9,10)(H2,6,7,8)/b4-3-. The maximum Gasteiger partial charge on any atom is 0.535 e. The third-order valence-corrected chi connectivity index (χ3v) is 2.93. The fourth-order valence-electron chi connectivity index (χ4n) is 0.423. The molecule has 0 aromatic heterocycles. The van der Waals surface area contributed by atoms with E-state index >= 15 is 0 Å². The summed E-state index contributed by atoms with van der Waals surface area (Å²) in [6.45, 7) is 3.57. The Morgan fingerprint density at radius 2 is 1.71 bits per heavy atom. The fraction of sp³-hybridized carbons (Fsp3) is 0.600. The molecule has 0 bridgehead atoms. The molecule has 0 radical (unpaired) electrons. The molecule has 0 amide bonds. The molecule has 0 aromatic rings. The van der Waals surface area contributed by atoms with Gasteiger partial charge in [-0.25, -0.2) is 9.13 Å². The molecule has 0 saturated carbocycles. The minimum Gasteiger partial charge on any atom is -0.412 e. The summed E-state index contributed by atoms with van der Waals surface area (Å²) in [5.74, 6) is 0.0741. The molecule has 0 aliphatic rings. The van der Waals surface area contributed by atoms with Crippen LogP contribution in [0.15, 0.2) is 12.3 Å². The van der Waals surface area contributed by atoms with Gasteiger partial charge in [-0.2, -0.15) is 4.31 Å². The van der Waals surface area contributed by atoms with E-state index < -0.39 is 15.6 Å². The third kappa shape index (κ3) is 8.44. The highest BCUT2D eigenvalue weighted by Crippen LogP contribution is 2.57. The first-order chi connectivity index (χ1) is 6.12. The molecule has 0 fully saturated rings. The first-order valence-electron chi connectivity index (χ1n) is 3.57. The second kappa shape index (κ2) is 5.07. The molecule has 1 unspecified atom stereocenters. The molecule has 0 aliphatic heterocycles. The maximum absolute atomic E-state index is 10.8. The van der Waals surface area contributed by atoms with Gasteiger partial charge in [0.1, 0.15) is 0 Å². The summed E-state index contributed by atoms with van der Waals surface area (Å²) < 4.78 is 28.6. The average Bonchev–Trinajstić information content (AvgIpc) is 1.78.